The number of benzene rings is 1. The van der Waals surface area contributed by atoms with Crippen molar-refractivity contribution < 1.29 is 14.3 Å². The molecule has 9 heteroatoms. The van der Waals surface area contributed by atoms with Gasteiger partial charge >= 0.3 is 0 Å². The van der Waals surface area contributed by atoms with E-state index in [1.165, 1.54) is 12.0 Å². The van der Waals surface area contributed by atoms with E-state index < -0.39 is 11.9 Å². The number of nitrogens with one attached hydrogen (secondary N) is 2. The van der Waals surface area contributed by atoms with Crippen molar-refractivity contribution in [3.63, 3.8) is 0 Å². The van der Waals surface area contributed by atoms with E-state index in [0.717, 1.165) is 11.1 Å². The molecule has 0 saturated carbocycles. The van der Waals surface area contributed by atoms with Gasteiger partial charge in [0.25, 0.3) is 5.91 Å². The van der Waals surface area contributed by atoms with E-state index in [0.29, 0.717) is 36.8 Å². The second kappa shape index (κ2) is 8.32. The summed E-state index contributed by atoms with van der Waals surface area (Å²) in [5.74, 6) is 0.829. The van der Waals surface area contributed by atoms with E-state index in [2.05, 4.69) is 25.5 Å². The lowest BCUT2D eigenvalue weighted by molar-refractivity contribution is -0.120. The number of nitrogens with zero attached hydrogens (tertiary/aromatic N) is 4. The Balaban J connectivity index is 1.45. The molecule has 1 aliphatic rings. The number of carbonyl (C=O) groups excluding carboxylic acids is 2. The topological polar surface area (TPSA) is 113 Å². The lowest BCUT2D eigenvalue weighted by Crippen LogP contribution is -2.47. The van der Waals surface area contributed by atoms with Crippen molar-refractivity contribution >= 4 is 17.6 Å². The molecule has 9 nitrogen and oxygen atoms in total. The molecule has 0 radical (unpaired) electrons. The van der Waals surface area contributed by atoms with Gasteiger partial charge in [0.05, 0.1) is 7.11 Å². The highest BCUT2D eigenvalue weighted by Crippen LogP contribution is 2.26. The highest BCUT2D eigenvalue weighted by Gasteiger charge is 2.31. The van der Waals surface area contributed by atoms with Gasteiger partial charge in [-0.05, 0) is 30.0 Å². The van der Waals surface area contributed by atoms with Crippen LogP contribution in [0.3, 0.4) is 0 Å². The van der Waals surface area contributed by atoms with Crippen LogP contribution in [-0.2, 0) is 17.6 Å². The van der Waals surface area contributed by atoms with Crippen molar-refractivity contribution in [3.05, 3.63) is 65.2 Å². The van der Waals surface area contributed by atoms with E-state index in [1.54, 1.807) is 13.1 Å². The maximum absolute atomic E-state index is 12.9. The van der Waals surface area contributed by atoms with E-state index in [9.17, 15) is 9.59 Å². The summed E-state index contributed by atoms with van der Waals surface area (Å²) in [6, 6.07) is 12.7. The highest BCUT2D eigenvalue weighted by atomic mass is 16.5. The van der Waals surface area contributed by atoms with E-state index in [-0.39, 0.29) is 11.7 Å². The first-order valence-electron chi connectivity index (χ1n) is 9.62. The zero-order valence-electron chi connectivity index (χ0n) is 16.8. The summed E-state index contributed by atoms with van der Waals surface area (Å²) in [5.41, 5.74) is 1.98. The molecule has 3 heterocycles. The number of hydrogen-bond acceptors (Lipinski definition) is 6. The van der Waals surface area contributed by atoms with Crippen LogP contribution in [0.2, 0.25) is 0 Å². The van der Waals surface area contributed by atoms with Gasteiger partial charge in [0.2, 0.25) is 17.6 Å². The molecule has 0 saturated heterocycles. The molecule has 1 aliphatic heterocycles. The highest BCUT2D eigenvalue weighted by molar-refractivity contribution is 6.01. The molecule has 0 unspecified atom stereocenters. The Kier molecular flexibility index (Phi) is 5.42. The molecular formula is C21H22N6O3. The Labute approximate surface area is 173 Å². The summed E-state index contributed by atoms with van der Waals surface area (Å²) in [6.07, 6.45) is 1.59. The number of hydrogen-bond donors (Lipinski definition) is 2. The molecule has 154 valence electrons. The van der Waals surface area contributed by atoms with Crippen molar-refractivity contribution in [2.45, 2.75) is 25.3 Å². The maximum atomic E-state index is 12.9. The molecule has 0 aliphatic carbocycles. The summed E-state index contributed by atoms with van der Waals surface area (Å²) in [4.78, 5) is 35.7. The summed E-state index contributed by atoms with van der Waals surface area (Å²) >= 11 is 0. The van der Waals surface area contributed by atoms with Gasteiger partial charge in [-0.2, -0.15) is 4.98 Å². The average Bonchev–Trinajstić information content (AvgIpc) is 3.20. The van der Waals surface area contributed by atoms with Crippen LogP contribution in [0.4, 0.5) is 5.82 Å². The Morgan fingerprint density at radius 3 is 2.80 bits per heavy atom. The summed E-state index contributed by atoms with van der Waals surface area (Å²) < 4.78 is 5.16. The molecule has 1 aromatic carbocycles. The van der Waals surface area contributed by atoms with Crippen molar-refractivity contribution in [2.24, 2.45) is 0 Å². The number of pyridine rings is 1. The zero-order valence-corrected chi connectivity index (χ0v) is 16.8. The third-order valence-electron chi connectivity index (χ3n) is 5.04. The van der Waals surface area contributed by atoms with Gasteiger partial charge in [0.15, 0.2) is 0 Å². The Morgan fingerprint density at radius 1 is 1.23 bits per heavy atom. The van der Waals surface area contributed by atoms with Gasteiger partial charge in [-0.1, -0.05) is 30.3 Å². The third-order valence-corrected chi connectivity index (χ3v) is 5.04. The minimum absolute atomic E-state index is 0.0120. The minimum atomic E-state index is -0.696. The van der Waals surface area contributed by atoms with Crippen LogP contribution in [0.5, 0.6) is 5.88 Å². The molecular weight excluding hydrogens is 384 g/mol. The number of H-pyrrole nitrogens is 1. The van der Waals surface area contributed by atoms with Crippen LogP contribution in [-0.4, -0.2) is 52.2 Å². The first kappa shape index (κ1) is 19.6. The summed E-state index contributed by atoms with van der Waals surface area (Å²) in [5, 5.41) is 9.56. The standard InChI is InChI=1S/C21H22N6O3/c1-27-19-14(9-11-17(24-19)30-2)8-10-15(21(27)29)22-20(28)18-23-16(25-26-18)12-13-6-4-3-5-7-13/h3-7,9,11,15H,8,10,12H2,1-2H3,(H,22,28)(H,23,25,26)/t15-/m0/s1. The smallest absolute Gasteiger partial charge is 0.291 e. The number of aryl methyl sites for hydroxylation is 1. The zero-order chi connectivity index (χ0) is 21.1. The SMILES string of the molecule is COc1ccc2c(n1)N(C)C(=O)[C@@H](NC(=O)c1n[nH]c(Cc3ccccc3)n1)CC2. The van der Waals surface area contributed by atoms with Crippen LogP contribution in [0.15, 0.2) is 42.5 Å². The van der Waals surface area contributed by atoms with Crippen LogP contribution in [0, 0.1) is 0 Å². The number of aromatic nitrogens is 4. The van der Waals surface area contributed by atoms with Crippen LogP contribution >= 0.6 is 0 Å². The molecule has 0 spiro atoms. The number of likely N-dealkylation sites (N-methyl/N-ethyl adjacent to an activating group) is 1. The predicted octanol–water partition coefficient (Wildman–Crippen LogP) is 1.51. The number of fused-ring (bicyclic) bond motifs is 1. The molecule has 0 fully saturated rings. The van der Waals surface area contributed by atoms with Gasteiger partial charge < -0.3 is 10.1 Å². The first-order valence-corrected chi connectivity index (χ1v) is 9.62. The number of aromatic amines is 1. The fraction of sp³-hybridized carbons (Fsp3) is 0.286. The van der Waals surface area contributed by atoms with Crippen molar-refractivity contribution in [3.8, 4) is 5.88 Å². The van der Waals surface area contributed by atoms with Crippen molar-refractivity contribution in [1.29, 1.82) is 0 Å². The number of carbonyl (C=O) groups is 2. The van der Waals surface area contributed by atoms with Gasteiger partial charge in [-0.15, -0.1) is 5.10 Å². The van der Waals surface area contributed by atoms with E-state index >= 15 is 0 Å². The first-order chi connectivity index (χ1) is 14.5. The van der Waals surface area contributed by atoms with E-state index in [4.69, 9.17) is 4.74 Å². The number of methoxy groups -OCH3 is 1. The fourth-order valence-electron chi connectivity index (χ4n) is 3.44. The average molecular weight is 406 g/mol. The molecule has 3 aromatic rings. The number of anilines is 1. The molecule has 2 amide bonds. The molecule has 1 atom stereocenters. The van der Waals surface area contributed by atoms with Crippen molar-refractivity contribution in [2.75, 3.05) is 19.1 Å². The van der Waals surface area contributed by atoms with Crippen LogP contribution < -0.4 is 15.0 Å². The lowest BCUT2D eigenvalue weighted by Gasteiger charge is -2.21. The van der Waals surface area contributed by atoms with Gasteiger partial charge in [-0.3, -0.25) is 19.6 Å². The Hall–Kier alpha value is -3.75. The largest absolute Gasteiger partial charge is 0.481 e. The summed E-state index contributed by atoms with van der Waals surface area (Å²) in [6.45, 7) is 0. The minimum Gasteiger partial charge on any atom is -0.481 e. The van der Waals surface area contributed by atoms with Gasteiger partial charge in [-0.25, -0.2) is 4.98 Å². The third kappa shape index (κ3) is 4.00. The lowest BCUT2D eigenvalue weighted by atomic mass is 10.1. The Morgan fingerprint density at radius 2 is 2.03 bits per heavy atom. The molecule has 4 rings (SSSR count). The quantitative estimate of drug-likeness (QED) is 0.664. The second-order valence-corrected chi connectivity index (χ2v) is 7.07. The molecule has 30 heavy (non-hydrogen) atoms. The molecule has 2 N–H and O–H groups in total. The Bertz CT molecular complexity index is 1070. The maximum Gasteiger partial charge on any atom is 0.291 e. The molecule has 0 bridgehead atoms. The number of rotatable bonds is 5. The fourth-order valence-corrected chi connectivity index (χ4v) is 3.44. The van der Waals surface area contributed by atoms with E-state index in [1.807, 2.05) is 36.4 Å². The van der Waals surface area contributed by atoms with Crippen LogP contribution in [0.1, 0.15) is 34.0 Å². The second-order valence-electron chi connectivity index (χ2n) is 7.07. The molecule has 2 aromatic heterocycles. The van der Waals surface area contributed by atoms with Gasteiger partial charge in [0, 0.05) is 19.5 Å². The predicted molar refractivity (Wildman–Crippen MR) is 109 cm³/mol. The van der Waals surface area contributed by atoms with Crippen molar-refractivity contribution in [1.82, 2.24) is 25.5 Å². The monoisotopic (exact) mass is 406 g/mol. The number of ether oxygens (including phenoxy) is 1. The summed E-state index contributed by atoms with van der Waals surface area (Å²) in [7, 11) is 3.17. The van der Waals surface area contributed by atoms with Crippen LogP contribution in [0.25, 0.3) is 0 Å². The number of amides is 2. The van der Waals surface area contributed by atoms with Gasteiger partial charge in [0.1, 0.15) is 17.7 Å². The normalized spacial score (nSPS) is 16.0.